The maximum atomic E-state index is 12.6. The van der Waals surface area contributed by atoms with Gasteiger partial charge in [0.05, 0.1) is 11.9 Å². The smallest absolute Gasteiger partial charge is 0.246 e. The number of aliphatic imine (C=N–C) groups is 1. The van der Waals surface area contributed by atoms with Gasteiger partial charge in [-0.05, 0) is 31.0 Å². The first-order valence-corrected chi connectivity index (χ1v) is 10.2. The molecule has 2 N–H and O–H groups in total. The topological polar surface area (TPSA) is 94.9 Å². The van der Waals surface area contributed by atoms with Crippen molar-refractivity contribution in [3.05, 3.63) is 42.2 Å². The summed E-state index contributed by atoms with van der Waals surface area (Å²) in [5, 5.41) is 10.2. The van der Waals surface area contributed by atoms with Gasteiger partial charge in [-0.25, -0.2) is 4.99 Å². The molecule has 0 spiro atoms. The Morgan fingerprint density at radius 1 is 1.26 bits per heavy atom. The maximum absolute atomic E-state index is 12.6. The highest BCUT2D eigenvalue weighted by Gasteiger charge is 2.27. The molecule has 9 nitrogen and oxygen atoms in total. The lowest BCUT2D eigenvalue weighted by Crippen LogP contribution is -2.55. The van der Waals surface area contributed by atoms with Crippen molar-refractivity contribution in [2.75, 3.05) is 42.9 Å². The average Bonchev–Trinajstić information content (AvgIpc) is 3.17. The predicted molar refractivity (Wildman–Crippen MR) is 133 cm³/mol. The summed E-state index contributed by atoms with van der Waals surface area (Å²) in [7, 11) is 1.82. The Balaban J connectivity index is 0.00000341. The van der Waals surface area contributed by atoms with Gasteiger partial charge in [-0.2, -0.15) is 5.10 Å². The number of aryl methyl sites for hydroxylation is 2. The molecular formula is C21H30IN7O2. The number of rotatable bonds is 6. The Kier molecular flexibility index (Phi) is 9.28. The van der Waals surface area contributed by atoms with Gasteiger partial charge in [-0.1, -0.05) is 19.1 Å². The number of halogens is 1. The molecule has 3 rings (SSSR count). The summed E-state index contributed by atoms with van der Waals surface area (Å²) >= 11 is 0. The third-order valence-electron chi connectivity index (χ3n) is 4.85. The molecule has 1 fully saturated rings. The zero-order valence-electron chi connectivity index (χ0n) is 18.2. The van der Waals surface area contributed by atoms with Crippen molar-refractivity contribution in [2.24, 2.45) is 12.0 Å². The van der Waals surface area contributed by atoms with Crippen molar-refractivity contribution in [3.63, 3.8) is 0 Å². The monoisotopic (exact) mass is 539 g/mol. The van der Waals surface area contributed by atoms with Crippen molar-refractivity contribution in [1.29, 1.82) is 0 Å². The van der Waals surface area contributed by atoms with Gasteiger partial charge in [0.25, 0.3) is 0 Å². The van der Waals surface area contributed by atoms with Crippen molar-refractivity contribution in [2.45, 2.75) is 20.3 Å². The Labute approximate surface area is 199 Å². The van der Waals surface area contributed by atoms with E-state index in [0.717, 1.165) is 23.4 Å². The zero-order valence-corrected chi connectivity index (χ0v) is 20.5. The number of hydrogen-bond acceptors (Lipinski definition) is 4. The molecule has 1 aliphatic rings. The fourth-order valence-electron chi connectivity index (χ4n) is 3.32. The normalized spacial score (nSPS) is 14.3. The van der Waals surface area contributed by atoms with Crippen molar-refractivity contribution >= 4 is 53.1 Å². The van der Waals surface area contributed by atoms with Crippen LogP contribution < -0.4 is 15.5 Å². The number of carbonyl (C=O) groups is 2. The Hall–Kier alpha value is -2.63. The second kappa shape index (κ2) is 11.7. The molecule has 1 aromatic heterocycles. The van der Waals surface area contributed by atoms with Crippen LogP contribution in [0.4, 0.5) is 11.4 Å². The van der Waals surface area contributed by atoms with E-state index in [2.05, 4.69) is 27.6 Å². The van der Waals surface area contributed by atoms with E-state index in [1.165, 1.54) is 0 Å². The highest BCUT2D eigenvalue weighted by molar-refractivity contribution is 14.0. The number of carbonyl (C=O) groups excluding carboxylic acids is 2. The first-order valence-electron chi connectivity index (χ1n) is 10.2. The van der Waals surface area contributed by atoms with Crippen LogP contribution in [0.1, 0.15) is 19.4 Å². The lowest BCUT2D eigenvalue weighted by atomic mass is 10.1. The number of piperazine rings is 1. The van der Waals surface area contributed by atoms with E-state index in [4.69, 9.17) is 0 Å². The fourth-order valence-corrected chi connectivity index (χ4v) is 3.32. The SMILES string of the molecule is CCNC(=NCC(=O)Nc1cccc(CC)c1)N1CCN(c2cnn(C)c2)C(=O)C1.I. The van der Waals surface area contributed by atoms with Crippen LogP contribution in [0, 0.1) is 0 Å². The molecule has 2 heterocycles. The summed E-state index contributed by atoms with van der Waals surface area (Å²) in [6.07, 6.45) is 4.42. The standard InChI is InChI=1S/C21H29N7O2.HI/c1-4-16-7-6-8-17(11-16)25-19(29)13-23-21(22-5-2)27-9-10-28(20(30)15-27)18-12-24-26(3)14-18;/h6-8,11-12,14H,4-5,9-10,13,15H2,1-3H3,(H,22,23)(H,25,29);1H. The van der Waals surface area contributed by atoms with E-state index in [1.807, 2.05) is 49.3 Å². The van der Waals surface area contributed by atoms with Crippen molar-refractivity contribution in [3.8, 4) is 0 Å². The Morgan fingerprint density at radius 2 is 2.06 bits per heavy atom. The lowest BCUT2D eigenvalue weighted by molar-refractivity contribution is -0.120. The molecule has 168 valence electrons. The molecular weight excluding hydrogens is 509 g/mol. The average molecular weight is 539 g/mol. The van der Waals surface area contributed by atoms with Gasteiger partial charge in [0.1, 0.15) is 13.1 Å². The van der Waals surface area contributed by atoms with Crippen LogP contribution in [0.5, 0.6) is 0 Å². The number of amides is 2. The molecule has 0 atom stereocenters. The Bertz CT molecular complexity index is 928. The maximum Gasteiger partial charge on any atom is 0.246 e. The van der Waals surface area contributed by atoms with Crippen LogP contribution in [0.15, 0.2) is 41.7 Å². The number of nitrogens with one attached hydrogen (secondary N) is 2. The lowest BCUT2D eigenvalue weighted by Gasteiger charge is -2.35. The summed E-state index contributed by atoms with van der Waals surface area (Å²) in [6.45, 7) is 6.01. The number of guanidine groups is 1. The quantitative estimate of drug-likeness (QED) is 0.332. The number of anilines is 2. The minimum atomic E-state index is -0.195. The zero-order chi connectivity index (χ0) is 21.5. The third kappa shape index (κ3) is 6.68. The molecule has 10 heteroatoms. The van der Waals surface area contributed by atoms with E-state index < -0.39 is 0 Å². The van der Waals surface area contributed by atoms with Crippen LogP contribution in [0.3, 0.4) is 0 Å². The predicted octanol–water partition coefficient (Wildman–Crippen LogP) is 1.85. The van der Waals surface area contributed by atoms with Gasteiger partial charge in [-0.15, -0.1) is 24.0 Å². The molecule has 31 heavy (non-hydrogen) atoms. The van der Waals surface area contributed by atoms with Crippen molar-refractivity contribution in [1.82, 2.24) is 20.0 Å². The second-order valence-corrected chi connectivity index (χ2v) is 7.11. The van der Waals surface area contributed by atoms with Gasteiger partial charge in [0, 0.05) is 38.6 Å². The van der Waals surface area contributed by atoms with Gasteiger partial charge < -0.3 is 20.4 Å². The summed E-state index contributed by atoms with van der Waals surface area (Å²) < 4.78 is 1.68. The molecule has 2 amide bonds. The van der Waals surface area contributed by atoms with Gasteiger partial charge >= 0.3 is 0 Å². The van der Waals surface area contributed by atoms with E-state index in [-0.39, 0.29) is 48.9 Å². The molecule has 2 aromatic rings. The van der Waals surface area contributed by atoms with Crippen LogP contribution in [0.25, 0.3) is 0 Å². The van der Waals surface area contributed by atoms with Crippen LogP contribution in [-0.4, -0.2) is 65.2 Å². The molecule has 0 aliphatic carbocycles. The molecule has 0 saturated carbocycles. The molecule has 0 bridgehead atoms. The van der Waals surface area contributed by atoms with Crippen LogP contribution >= 0.6 is 24.0 Å². The summed E-state index contributed by atoms with van der Waals surface area (Å²) in [5.41, 5.74) is 2.72. The molecule has 0 radical (unpaired) electrons. The second-order valence-electron chi connectivity index (χ2n) is 7.11. The summed E-state index contributed by atoms with van der Waals surface area (Å²) in [4.78, 5) is 33.1. The van der Waals surface area contributed by atoms with E-state index in [1.54, 1.807) is 15.8 Å². The Morgan fingerprint density at radius 3 is 2.71 bits per heavy atom. The highest BCUT2D eigenvalue weighted by atomic mass is 127. The van der Waals surface area contributed by atoms with E-state index in [9.17, 15) is 9.59 Å². The molecule has 1 aromatic carbocycles. The number of benzene rings is 1. The molecule has 1 aliphatic heterocycles. The minimum Gasteiger partial charge on any atom is -0.356 e. The number of hydrogen-bond donors (Lipinski definition) is 2. The van der Waals surface area contributed by atoms with Crippen LogP contribution in [-0.2, 0) is 23.1 Å². The number of nitrogens with zero attached hydrogens (tertiary/aromatic N) is 5. The first kappa shape index (κ1) is 24.6. The largest absolute Gasteiger partial charge is 0.356 e. The van der Waals surface area contributed by atoms with Gasteiger partial charge in [0.15, 0.2) is 5.96 Å². The van der Waals surface area contributed by atoms with Crippen molar-refractivity contribution < 1.29 is 9.59 Å². The third-order valence-corrected chi connectivity index (χ3v) is 4.85. The minimum absolute atomic E-state index is 0. The van der Waals surface area contributed by atoms with E-state index >= 15 is 0 Å². The van der Waals surface area contributed by atoms with Gasteiger partial charge in [-0.3, -0.25) is 14.3 Å². The number of aromatic nitrogens is 2. The van der Waals surface area contributed by atoms with E-state index in [0.29, 0.717) is 25.6 Å². The summed E-state index contributed by atoms with van der Waals surface area (Å²) in [6, 6.07) is 7.78. The molecule has 0 unspecified atom stereocenters. The van der Waals surface area contributed by atoms with Gasteiger partial charge in [0.2, 0.25) is 11.8 Å². The highest BCUT2D eigenvalue weighted by Crippen LogP contribution is 2.16. The molecule has 1 saturated heterocycles. The summed E-state index contributed by atoms with van der Waals surface area (Å²) in [5.74, 6) is 0.341. The fraction of sp³-hybridized carbons (Fsp3) is 0.429. The first-order chi connectivity index (χ1) is 14.5. The van der Waals surface area contributed by atoms with Crippen LogP contribution in [0.2, 0.25) is 0 Å².